The smallest absolute Gasteiger partial charge is 0.412 e. The number of carbonyl (C=O) groups is 2. The first kappa shape index (κ1) is 19.6. The molecule has 1 heterocycles. The Morgan fingerprint density at radius 3 is 2.45 bits per heavy atom. The van der Waals surface area contributed by atoms with E-state index in [2.05, 4.69) is 10.3 Å². The number of hydrogen-bond acceptors (Lipinski definition) is 6. The van der Waals surface area contributed by atoms with Crippen molar-refractivity contribution in [3.8, 4) is 11.4 Å². The lowest BCUT2D eigenvalue weighted by Crippen LogP contribution is -2.30. The maximum Gasteiger partial charge on any atom is 0.412 e. The van der Waals surface area contributed by atoms with Gasteiger partial charge in [0.05, 0.1) is 6.20 Å². The normalized spacial score (nSPS) is 10.3. The minimum atomic E-state index is -1.23. The average molecular weight is 394 g/mol. The summed E-state index contributed by atoms with van der Waals surface area (Å²) < 4.78 is 6.04. The number of hydrogen-bond donors (Lipinski definition) is 3. The van der Waals surface area contributed by atoms with Crippen LogP contribution in [0.4, 0.5) is 16.2 Å². The van der Waals surface area contributed by atoms with E-state index in [9.17, 15) is 19.5 Å². The Morgan fingerprint density at radius 2 is 1.79 bits per heavy atom. The Morgan fingerprint density at radius 1 is 1.10 bits per heavy atom. The number of anilines is 2. The van der Waals surface area contributed by atoms with Gasteiger partial charge in [0, 0.05) is 11.3 Å². The van der Waals surface area contributed by atoms with Gasteiger partial charge in [-0.2, -0.15) is 0 Å². The molecule has 4 N–H and O–H groups in total. The van der Waals surface area contributed by atoms with E-state index >= 15 is 0 Å². The van der Waals surface area contributed by atoms with E-state index in [1.165, 1.54) is 0 Å². The molecule has 0 aliphatic carbocycles. The lowest BCUT2D eigenvalue weighted by molar-refractivity contribution is -0.137. The molecule has 0 spiro atoms. The molecule has 0 aliphatic heterocycles. The van der Waals surface area contributed by atoms with E-state index in [1.54, 1.807) is 48.5 Å². The van der Waals surface area contributed by atoms with Crippen LogP contribution in [0.25, 0.3) is 11.4 Å². The Bertz CT molecular complexity index is 1080. The highest BCUT2D eigenvalue weighted by molar-refractivity contribution is 5.84. The van der Waals surface area contributed by atoms with Crippen LogP contribution in [-0.4, -0.2) is 26.7 Å². The van der Waals surface area contributed by atoms with E-state index in [1.807, 2.05) is 6.07 Å². The fourth-order valence-corrected chi connectivity index (χ4v) is 2.59. The number of carboxylic acid groups (broad SMARTS) is 1. The van der Waals surface area contributed by atoms with Gasteiger partial charge in [0.1, 0.15) is 24.7 Å². The molecule has 0 radical (unpaired) electrons. The van der Waals surface area contributed by atoms with Crippen LogP contribution in [0.5, 0.6) is 0 Å². The minimum Gasteiger partial charge on any atom is -0.480 e. The lowest BCUT2D eigenvalue weighted by atomic mass is 10.2. The van der Waals surface area contributed by atoms with E-state index in [0.29, 0.717) is 11.3 Å². The largest absolute Gasteiger partial charge is 0.480 e. The van der Waals surface area contributed by atoms with E-state index in [-0.39, 0.29) is 18.1 Å². The lowest BCUT2D eigenvalue weighted by Gasteiger charge is -2.13. The van der Waals surface area contributed by atoms with Gasteiger partial charge >= 0.3 is 12.1 Å². The molecule has 3 aromatic rings. The van der Waals surface area contributed by atoms with Gasteiger partial charge in [-0.1, -0.05) is 30.3 Å². The summed E-state index contributed by atoms with van der Waals surface area (Å²) in [6, 6.07) is 15.5. The van der Waals surface area contributed by atoms with Gasteiger partial charge in [0.25, 0.3) is 5.56 Å². The molecule has 29 heavy (non-hydrogen) atoms. The molecule has 9 heteroatoms. The molecule has 0 bridgehead atoms. The van der Waals surface area contributed by atoms with E-state index < -0.39 is 24.2 Å². The van der Waals surface area contributed by atoms with Crippen molar-refractivity contribution < 1.29 is 19.4 Å². The second-order valence-electron chi connectivity index (χ2n) is 6.09. The maximum atomic E-state index is 12.7. The predicted octanol–water partition coefficient (Wildman–Crippen LogP) is 2.33. The number of aliphatic carboxylic acids is 1. The van der Waals surface area contributed by atoms with Gasteiger partial charge < -0.3 is 15.6 Å². The van der Waals surface area contributed by atoms with Crippen molar-refractivity contribution in [1.82, 2.24) is 9.55 Å². The first-order valence-corrected chi connectivity index (χ1v) is 8.59. The second kappa shape index (κ2) is 8.70. The van der Waals surface area contributed by atoms with Crippen LogP contribution in [0.2, 0.25) is 0 Å². The Labute approximate surface area is 165 Å². The minimum absolute atomic E-state index is 0.0208. The fourth-order valence-electron chi connectivity index (χ4n) is 2.59. The molecule has 0 unspecified atom stereocenters. The fraction of sp³-hybridized carbons (Fsp3) is 0.100. The van der Waals surface area contributed by atoms with Crippen molar-refractivity contribution in [3.63, 3.8) is 0 Å². The summed E-state index contributed by atoms with van der Waals surface area (Å²) in [7, 11) is 0. The monoisotopic (exact) mass is 394 g/mol. The molecule has 9 nitrogen and oxygen atoms in total. The number of carbonyl (C=O) groups excluding carboxylic acids is 1. The molecular formula is C20H18N4O5. The van der Waals surface area contributed by atoms with E-state index in [0.717, 1.165) is 16.3 Å². The second-order valence-corrected chi connectivity index (χ2v) is 6.09. The summed E-state index contributed by atoms with van der Waals surface area (Å²) in [6.07, 6.45) is 0.311. The van der Waals surface area contributed by atoms with Crippen molar-refractivity contribution in [1.29, 1.82) is 0 Å². The van der Waals surface area contributed by atoms with Crippen LogP contribution in [0.15, 0.2) is 65.6 Å². The summed E-state index contributed by atoms with van der Waals surface area (Å²) in [5.74, 6) is -1.09. The van der Waals surface area contributed by atoms with Crippen LogP contribution < -0.4 is 16.6 Å². The molecule has 0 fully saturated rings. The third-order valence-electron chi connectivity index (χ3n) is 3.96. The van der Waals surface area contributed by atoms with Gasteiger partial charge in [-0.05, 0) is 29.8 Å². The van der Waals surface area contributed by atoms with Gasteiger partial charge in [0.15, 0.2) is 0 Å². The van der Waals surface area contributed by atoms with Crippen molar-refractivity contribution in [2.24, 2.45) is 0 Å². The molecule has 148 valence electrons. The number of carboxylic acids is 1. The average Bonchev–Trinajstić information content (AvgIpc) is 2.71. The summed E-state index contributed by atoms with van der Waals surface area (Å²) in [6.45, 7) is -0.604. The number of nitrogens with one attached hydrogen (secondary N) is 1. The molecule has 0 aliphatic rings. The van der Waals surface area contributed by atoms with Crippen LogP contribution in [-0.2, 0) is 22.7 Å². The van der Waals surface area contributed by atoms with Crippen LogP contribution >= 0.6 is 0 Å². The topological polar surface area (TPSA) is 137 Å². The molecule has 1 aromatic heterocycles. The third-order valence-corrected chi connectivity index (χ3v) is 3.96. The summed E-state index contributed by atoms with van der Waals surface area (Å²) in [4.78, 5) is 40.1. The molecular weight excluding hydrogens is 376 g/mol. The number of nitrogens with two attached hydrogens (primary N) is 1. The SMILES string of the molecule is Nc1ccc(-c2ncc(NC(=O)OCc3ccccc3)c(=O)n2CC(=O)O)cc1. The molecule has 3 rings (SSSR count). The van der Waals surface area contributed by atoms with E-state index in [4.69, 9.17) is 10.5 Å². The van der Waals surface area contributed by atoms with Crippen molar-refractivity contribution in [3.05, 3.63) is 76.7 Å². The number of benzene rings is 2. The number of amides is 1. The number of nitrogen functional groups attached to an aromatic ring is 1. The number of nitrogens with zero attached hydrogens (tertiary/aromatic N) is 2. The highest BCUT2D eigenvalue weighted by Crippen LogP contribution is 2.18. The quantitative estimate of drug-likeness (QED) is 0.546. The Balaban J connectivity index is 1.84. The highest BCUT2D eigenvalue weighted by Gasteiger charge is 2.16. The molecule has 1 amide bonds. The maximum absolute atomic E-state index is 12.7. The first-order chi connectivity index (χ1) is 13.9. The van der Waals surface area contributed by atoms with Crippen molar-refractivity contribution in [2.45, 2.75) is 13.2 Å². The zero-order chi connectivity index (χ0) is 20.8. The van der Waals surface area contributed by atoms with Crippen LogP contribution in [0, 0.1) is 0 Å². The van der Waals surface area contributed by atoms with Crippen LogP contribution in [0.1, 0.15) is 5.56 Å². The molecule has 0 atom stereocenters. The molecule has 0 saturated carbocycles. The number of aromatic nitrogens is 2. The van der Waals surface area contributed by atoms with Crippen molar-refractivity contribution >= 4 is 23.4 Å². The number of rotatable bonds is 6. The highest BCUT2D eigenvalue weighted by atomic mass is 16.5. The first-order valence-electron chi connectivity index (χ1n) is 8.59. The van der Waals surface area contributed by atoms with Gasteiger partial charge in [0.2, 0.25) is 0 Å². The van der Waals surface area contributed by atoms with Gasteiger partial charge in [-0.25, -0.2) is 9.78 Å². The third kappa shape index (κ3) is 4.98. The van der Waals surface area contributed by atoms with Gasteiger partial charge in [-0.15, -0.1) is 0 Å². The summed E-state index contributed by atoms with van der Waals surface area (Å²) >= 11 is 0. The zero-order valence-electron chi connectivity index (χ0n) is 15.2. The molecule has 2 aromatic carbocycles. The Hall–Kier alpha value is -4.14. The van der Waals surface area contributed by atoms with Crippen LogP contribution in [0.3, 0.4) is 0 Å². The summed E-state index contributed by atoms with van der Waals surface area (Å²) in [5.41, 5.74) is 6.55. The summed E-state index contributed by atoms with van der Waals surface area (Å²) in [5, 5.41) is 11.5. The molecule has 0 saturated heterocycles. The number of ether oxygens (including phenoxy) is 1. The van der Waals surface area contributed by atoms with Gasteiger partial charge in [-0.3, -0.25) is 19.5 Å². The zero-order valence-corrected chi connectivity index (χ0v) is 15.2. The predicted molar refractivity (Wildman–Crippen MR) is 106 cm³/mol. The Kier molecular flexibility index (Phi) is 5.88. The van der Waals surface area contributed by atoms with Crippen molar-refractivity contribution in [2.75, 3.05) is 11.1 Å². The standard InChI is InChI=1S/C20H18N4O5/c21-15-8-6-14(7-9-15)18-22-10-16(19(27)24(18)11-17(25)26)23-20(28)29-12-13-4-2-1-3-5-13/h1-10H,11-12,21H2,(H,23,28)(H,25,26).